The Hall–Kier alpha value is -0.570. The topological polar surface area (TPSA) is 15.3 Å². The van der Waals surface area contributed by atoms with E-state index in [0.29, 0.717) is 12.1 Å². The van der Waals surface area contributed by atoms with Gasteiger partial charge < -0.3 is 5.32 Å². The minimum atomic E-state index is 0.579. The molecule has 1 aromatic rings. The van der Waals surface area contributed by atoms with E-state index in [2.05, 4.69) is 43.1 Å². The van der Waals surface area contributed by atoms with E-state index in [9.17, 15) is 0 Å². The third kappa shape index (κ3) is 4.48. The number of piperazine rings is 1. The summed E-state index contributed by atoms with van der Waals surface area (Å²) < 4.78 is 0. The fraction of sp³-hybridized carbons (Fsp3) is 0.625. The van der Waals surface area contributed by atoms with Gasteiger partial charge in [-0.1, -0.05) is 37.6 Å². The smallest absolute Gasteiger partial charge is 0.0406 e. The molecule has 1 aromatic carbocycles. The molecular weight excluding hydrogens is 256 g/mol. The molecule has 0 bridgehead atoms. The standard InChI is InChI=1S/C16H25ClN2/c1-12(2)8-16-9-18-13(3)10-19(16)11-14-4-6-15(17)7-5-14/h4-7,12-13,16,18H,8-11H2,1-3H3. The van der Waals surface area contributed by atoms with Crippen molar-refractivity contribution in [3.05, 3.63) is 34.9 Å². The first-order valence-electron chi connectivity index (χ1n) is 7.26. The van der Waals surface area contributed by atoms with E-state index in [-0.39, 0.29) is 0 Å². The highest BCUT2D eigenvalue weighted by Gasteiger charge is 2.26. The van der Waals surface area contributed by atoms with Crippen LogP contribution in [-0.4, -0.2) is 30.1 Å². The Bertz CT molecular complexity index is 388. The second kappa shape index (κ2) is 6.74. The van der Waals surface area contributed by atoms with Crippen LogP contribution in [0.15, 0.2) is 24.3 Å². The lowest BCUT2D eigenvalue weighted by Crippen LogP contribution is -2.55. The Morgan fingerprint density at radius 2 is 2.00 bits per heavy atom. The van der Waals surface area contributed by atoms with Crippen LogP contribution in [0.2, 0.25) is 5.02 Å². The van der Waals surface area contributed by atoms with Crippen LogP contribution in [-0.2, 0) is 6.54 Å². The van der Waals surface area contributed by atoms with Gasteiger partial charge >= 0.3 is 0 Å². The summed E-state index contributed by atoms with van der Waals surface area (Å²) in [7, 11) is 0. The van der Waals surface area contributed by atoms with Crippen LogP contribution in [0.25, 0.3) is 0 Å². The van der Waals surface area contributed by atoms with Crippen LogP contribution in [0.4, 0.5) is 0 Å². The van der Waals surface area contributed by atoms with E-state index in [1.807, 2.05) is 12.1 Å². The number of nitrogens with one attached hydrogen (secondary N) is 1. The second-order valence-corrected chi connectivity index (χ2v) is 6.59. The number of rotatable bonds is 4. The lowest BCUT2D eigenvalue weighted by molar-refractivity contribution is 0.111. The van der Waals surface area contributed by atoms with E-state index >= 15 is 0 Å². The van der Waals surface area contributed by atoms with Gasteiger partial charge in [0, 0.05) is 36.7 Å². The quantitative estimate of drug-likeness (QED) is 0.907. The van der Waals surface area contributed by atoms with Gasteiger partial charge in [0.15, 0.2) is 0 Å². The van der Waals surface area contributed by atoms with Gasteiger partial charge in [-0.2, -0.15) is 0 Å². The third-order valence-electron chi connectivity index (χ3n) is 3.77. The summed E-state index contributed by atoms with van der Waals surface area (Å²) in [6, 6.07) is 9.48. The summed E-state index contributed by atoms with van der Waals surface area (Å²) in [5.41, 5.74) is 1.35. The zero-order chi connectivity index (χ0) is 13.8. The van der Waals surface area contributed by atoms with Gasteiger partial charge in [0.2, 0.25) is 0 Å². The number of benzene rings is 1. The van der Waals surface area contributed by atoms with Gasteiger partial charge in [0.25, 0.3) is 0 Å². The molecule has 0 radical (unpaired) electrons. The maximum Gasteiger partial charge on any atom is 0.0406 e. The van der Waals surface area contributed by atoms with Crippen LogP contribution < -0.4 is 5.32 Å². The number of halogens is 1. The van der Waals surface area contributed by atoms with Crippen molar-refractivity contribution in [2.24, 2.45) is 5.92 Å². The van der Waals surface area contributed by atoms with Gasteiger partial charge in [-0.15, -0.1) is 0 Å². The first-order valence-corrected chi connectivity index (χ1v) is 7.64. The molecule has 2 nitrogen and oxygen atoms in total. The lowest BCUT2D eigenvalue weighted by Gasteiger charge is -2.40. The largest absolute Gasteiger partial charge is 0.311 e. The molecule has 3 heteroatoms. The zero-order valence-corrected chi connectivity index (χ0v) is 13.0. The Balaban J connectivity index is 2.02. The van der Waals surface area contributed by atoms with E-state index in [1.165, 1.54) is 12.0 Å². The Kier molecular flexibility index (Phi) is 5.26. The van der Waals surface area contributed by atoms with Crippen LogP contribution in [0, 0.1) is 5.92 Å². The molecule has 0 aliphatic carbocycles. The van der Waals surface area contributed by atoms with Crippen molar-refractivity contribution in [2.75, 3.05) is 13.1 Å². The zero-order valence-electron chi connectivity index (χ0n) is 12.2. The molecule has 19 heavy (non-hydrogen) atoms. The minimum absolute atomic E-state index is 0.579. The van der Waals surface area contributed by atoms with Crippen molar-refractivity contribution in [1.82, 2.24) is 10.2 Å². The highest BCUT2D eigenvalue weighted by Crippen LogP contribution is 2.19. The van der Waals surface area contributed by atoms with Crippen LogP contribution in [0.3, 0.4) is 0 Å². The third-order valence-corrected chi connectivity index (χ3v) is 4.02. The van der Waals surface area contributed by atoms with Crippen LogP contribution in [0.5, 0.6) is 0 Å². The highest BCUT2D eigenvalue weighted by atomic mass is 35.5. The van der Waals surface area contributed by atoms with E-state index in [1.54, 1.807) is 0 Å². The maximum atomic E-state index is 5.95. The molecule has 0 amide bonds. The maximum absolute atomic E-state index is 5.95. The summed E-state index contributed by atoms with van der Waals surface area (Å²) in [6.07, 6.45) is 1.26. The number of hydrogen-bond donors (Lipinski definition) is 1. The summed E-state index contributed by atoms with van der Waals surface area (Å²) in [4.78, 5) is 2.62. The number of nitrogens with zero attached hydrogens (tertiary/aromatic N) is 1. The minimum Gasteiger partial charge on any atom is -0.311 e. The van der Waals surface area contributed by atoms with E-state index < -0.39 is 0 Å². The molecule has 2 atom stereocenters. The Morgan fingerprint density at radius 1 is 1.32 bits per heavy atom. The molecule has 2 rings (SSSR count). The molecule has 1 aliphatic heterocycles. The molecular formula is C16H25ClN2. The molecule has 1 fully saturated rings. The predicted octanol–water partition coefficient (Wildman–Crippen LogP) is 3.55. The van der Waals surface area contributed by atoms with Crippen molar-refractivity contribution in [3.63, 3.8) is 0 Å². The van der Waals surface area contributed by atoms with Gasteiger partial charge in [-0.3, -0.25) is 4.90 Å². The summed E-state index contributed by atoms with van der Waals surface area (Å²) >= 11 is 5.95. The average Bonchev–Trinajstić information content (AvgIpc) is 2.35. The summed E-state index contributed by atoms with van der Waals surface area (Å²) in [6.45, 7) is 10.1. The Morgan fingerprint density at radius 3 is 2.63 bits per heavy atom. The molecule has 0 saturated carbocycles. The molecule has 0 aromatic heterocycles. The number of hydrogen-bond acceptors (Lipinski definition) is 2. The van der Waals surface area contributed by atoms with E-state index in [0.717, 1.165) is 30.6 Å². The molecule has 2 unspecified atom stereocenters. The van der Waals surface area contributed by atoms with Gasteiger partial charge in [0.05, 0.1) is 0 Å². The molecule has 1 N–H and O–H groups in total. The molecule has 0 spiro atoms. The van der Waals surface area contributed by atoms with Gasteiger partial charge in [-0.05, 0) is 37.0 Å². The SMILES string of the molecule is CC(C)CC1CNC(C)CN1Cc1ccc(Cl)cc1. The fourth-order valence-corrected chi connectivity index (χ4v) is 2.95. The first-order chi connectivity index (χ1) is 9.04. The van der Waals surface area contributed by atoms with Crippen molar-refractivity contribution in [2.45, 2.75) is 45.8 Å². The van der Waals surface area contributed by atoms with Crippen molar-refractivity contribution in [1.29, 1.82) is 0 Å². The molecule has 1 saturated heterocycles. The summed E-state index contributed by atoms with van der Waals surface area (Å²) in [5, 5.41) is 4.42. The van der Waals surface area contributed by atoms with Crippen molar-refractivity contribution < 1.29 is 0 Å². The normalized spacial score (nSPS) is 24.9. The first kappa shape index (κ1) is 14.8. The van der Waals surface area contributed by atoms with Gasteiger partial charge in [-0.25, -0.2) is 0 Å². The van der Waals surface area contributed by atoms with Crippen molar-refractivity contribution >= 4 is 11.6 Å². The van der Waals surface area contributed by atoms with Gasteiger partial charge in [0.1, 0.15) is 0 Å². The average molecular weight is 281 g/mol. The Labute approximate surface area is 122 Å². The monoisotopic (exact) mass is 280 g/mol. The molecule has 1 aliphatic rings. The van der Waals surface area contributed by atoms with Crippen LogP contribution >= 0.6 is 11.6 Å². The highest BCUT2D eigenvalue weighted by molar-refractivity contribution is 6.30. The second-order valence-electron chi connectivity index (χ2n) is 6.15. The van der Waals surface area contributed by atoms with E-state index in [4.69, 9.17) is 11.6 Å². The predicted molar refractivity (Wildman–Crippen MR) is 82.6 cm³/mol. The summed E-state index contributed by atoms with van der Waals surface area (Å²) in [5.74, 6) is 0.743. The lowest BCUT2D eigenvalue weighted by atomic mass is 9.98. The van der Waals surface area contributed by atoms with Crippen molar-refractivity contribution in [3.8, 4) is 0 Å². The molecule has 106 valence electrons. The van der Waals surface area contributed by atoms with Crippen LogP contribution in [0.1, 0.15) is 32.8 Å². The fourth-order valence-electron chi connectivity index (χ4n) is 2.83. The molecule has 1 heterocycles.